The highest BCUT2D eigenvalue weighted by molar-refractivity contribution is 5.59. The maximum atomic E-state index is 5.53. The van der Waals surface area contributed by atoms with Crippen LogP contribution < -0.4 is 10.6 Å². The van der Waals surface area contributed by atoms with Crippen LogP contribution >= 0.6 is 0 Å². The smallest absolute Gasteiger partial charge is 0.0402 e. The van der Waals surface area contributed by atoms with E-state index in [1.165, 1.54) is 29.8 Å². The molecule has 0 aromatic heterocycles. The summed E-state index contributed by atoms with van der Waals surface area (Å²) in [7, 11) is 0. The van der Waals surface area contributed by atoms with Gasteiger partial charge in [-0.3, -0.25) is 0 Å². The molecule has 1 aliphatic rings. The van der Waals surface area contributed by atoms with Gasteiger partial charge in [0.1, 0.15) is 0 Å². The molecule has 0 fully saturated rings. The molecule has 0 atom stereocenters. The first-order valence-electron chi connectivity index (χ1n) is 5.36. The van der Waals surface area contributed by atoms with Gasteiger partial charge in [0.25, 0.3) is 0 Å². The van der Waals surface area contributed by atoms with Gasteiger partial charge in [-0.15, -0.1) is 0 Å². The molecule has 0 aliphatic carbocycles. The van der Waals surface area contributed by atoms with Gasteiger partial charge in [0, 0.05) is 18.8 Å². The first-order chi connectivity index (χ1) is 6.81. The van der Waals surface area contributed by atoms with Crippen molar-refractivity contribution in [3.05, 3.63) is 29.3 Å². The molecule has 2 heteroatoms. The largest absolute Gasteiger partial charge is 0.371 e. The Balaban J connectivity index is 2.16. The van der Waals surface area contributed by atoms with Gasteiger partial charge >= 0.3 is 0 Å². The van der Waals surface area contributed by atoms with Crippen LogP contribution in [0.1, 0.15) is 17.5 Å². The predicted octanol–water partition coefficient (Wildman–Crippen LogP) is 1.71. The van der Waals surface area contributed by atoms with Crippen molar-refractivity contribution in [1.82, 2.24) is 0 Å². The van der Waals surface area contributed by atoms with Crippen molar-refractivity contribution in [1.29, 1.82) is 0 Å². The fourth-order valence-electron chi connectivity index (χ4n) is 2.07. The van der Waals surface area contributed by atoms with Crippen molar-refractivity contribution in [2.45, 2.75) is 19.8 Å². The minimum absolute atomic E-state index is 0.789. The monoisotopic (exact) mass is 190 g/mol. The number of fused-ring (bicyclic) bond motifs is 1. The molecule has 76 valence electrons. The van der Waals surface area contributed by atoms with Crippen LogP contribution in [-0.4, -0.2) is 19.6 Å². The van der Waals surface area contributed by atoms with Crippen LogP contribution in [-0.2, 0) is 6.42 Å². The number of rotatable bonds is 3. The molecule has 14 heavy (non-hydrogen) atoms. The van der Waals surface area contributed by atoms with Gasteiger partial charge in [0.05, 0.1) is 0 Å². The van der Waals surface area contributed by atoms with E-state index >= 15 is 0 Å². The van der Waals surface area contributed by atoms with Crippen LogP contribution in [0, 0.1) is 6.92 Å². The molecule has 2 N–H and O–H groups in total. The van der Waals surface area contributed by atoms with Crippen LogP contribution in [0.4, 0.5) is 5.69 Å². The molecular weight excluding hydrogens is 172 g/mol. The summed E-state index contributed by atoms with van der Waals surface area (Å²) in [6, 6.07) is 6.75. The van der Waals surface area contributed by atoms with E-state index in [1.807, 2.05) is 0 Å². The third-order valence-corrected chi connectivity index (χ3v) is 2.86. The second-order valence-electron chi connectivity index (χ2n) is 4.01. The van der Waals surface area contributed by atoms with E-state index in [1.54, 1.807) is 0 Å². The summed E-state index contributed by atoms with van der Waals surface area (Å²) in [6.07, 6.45) is 2.29. The Morgan fingerprint density at radius 1 is 1.43 bits per heavy atom. The van der Waals surface area contributed by atoms with Gasteiger partial charge in [-0.05, 0) is 43.5 Å². The second-order valence-corrected chi connectivity index (χ2v) is 4.01. The highest BCUT2D eigenvalue weighted by Crippen LogP contribution is 2.28. The predicted molar refractivity (Wildman–Crippen MR) is 60.8 cm³/mol. The summed E-state index contributed by atoms with van der Waals surface area (Å²) in [4.78, 5) is 2.45. The molecule has 0 saturated carbocycles. The molecule has 0 bridgehead atoms. The van der Waals surface area contributed by atoms with Gasteiger partial charge in [0.15, 0.2) is 0 Å². The Morgan fingerprint density at radius 2 is 2.29 bits per heavy atom. The summed E-state index contributed by atoms with van der Waals surface area (Å²) in [5.41, 5.74) is 9.80. The van der Waals surface area contributed by atoms with E-state index in [0.29, 0.717) is 0 Å². The minimum atomic E-state index is 0.789. The van der Waals surface area contributed by atoms with Gasteiger partial charge < -0.3 is 10.6 Å². The summed E-state index contributed by atoms with van der Waals surface area (Å²) in [5, 5.41) is 0. The summed E-state index contributed by atoms with van der Waals surface area (Å²) in [6.45, 7) is 5.21. The zero-order chi connectivity index (χ0) is 9.97. The molecule has 0 amide bonds. The number of benzene rings is 1. The highest BCUT2D eigenvalue weighted by atomic mass is 15.1. The molecule has 0 saturated heterocycles. The third-order valence-electron chi connectivity index (χ3n) is 2.86. The second kappa shape index (κ2) is 4.01. The van der Waals surface area contributed by atoms with Crippen molar-refractivity contribution in [2.24, 2.45) is 5.73 Å². The minimum Gasteiger partial charge on any atom is -0.371 e. The topological polar surface area (TPSA) is 29.3 Å². The van der Waals surface area contributed by atoms with Gasteiger partial charge in [-0.25, -0.2) is 0 Å². The Kier molecular flexibility index (Phi) is 2.73. The quantitative estimate of drug-likeness (QED) is 0.786. The number of aryl methyl sites for hydroxylation is 1. The van der Waals surface area contributed by atoms with E-state index in [0.717, 1.165) is 19.5 Å². The van der Waals surface area contributed by atoms with E-state index < -0.39 is 0 Å². The third kappa shape index (κ3) is 1.75. The molecule has 0 unspecified atom stereocenters. The maximum absolute atomic E-state index is 5.53. The average molecular weight is 190 g/mol. The summed E-state index contributed by atoms with van der Waals surface area (Å²) < 4.78 is 0. The average Bonchev–Trinajstić information content (AvgIpc) is 2.57. The lowest BCUT2D eigenvalue weighted by Gasteiger charge is -2.19. The zero-order valence-electron chi connectivity index (χ0n) is 8.79. The lowest BCUT2D eigenvalue weighted by atomic mass is 10.1. The van der Waals surface area contributed by atoms with Crippen molar-refractivity contribution >= 4 is 5.69 Å². The molecule has 0 radical (unpaired) electrons. The molecular formula is C12H18N2. The Hall–Kier alpha value is -1.02. The van der Waals surface area contributed by atoms with Crippen LogP contribution in [0.15, 0.2) is 18.2 Å². The molecule has 1 aliphatic heterocycles. The Labute approximate surface area is 85.7 Å². The highest BCUT2D eigenvalue weighted by Gasteiger charge is 2.17. The molecule has 1 aromatic rings. The first kappa shape index (κ1) is 9.53. The van der Waals surface area contributed by atoms with Gasteiger partial charge in [0.2, 0.25) is 0 Å². The molecule has 1 heterocycles. The number of nitrogens with zero attached hydrogens (tertiary/aromatic N) is 1. The normalized spacial score (nSPS) is 14.6. The molecule has 1 aromatic carbocycles. The van der Waals surface area contributed by atoms with Crippen molar-refractivity contribution in [2.75, 3.05) is 24.5 Å². The van der Waals surface area contributed by atoms with Crippen LogP contribution in [0.3, 0.4) is 0 Å². The van der Waals surface area contributed by atoms with Crippen LogP contribution in [0.2, 0.25) is 0 Å². The van der Waals surface area contributed by atoms with Crippen LogP contribution in [0.25, 0.3) is 0 Å². The Bertz CT molecular complexity index is 320. The van der Waals surface area contributed by atoms with Crippen molar-refractivity contribution in [3.8, 4) is 0 Å². The van der Waals surface area contributed by atoms with Crippen molar-refractivity contribution in [3.63, 3.8) is 0 Å². The number of hydrogen-bond acceptors (Lipinski definition) is 2. The molecule has 2 nitrogen and oxygen atoms in total. The number of anilines is 1. The SMILES string of the molecule is Cc1ccc2c(c1)N(CCCN)CC2. The first-order valence-corrected chi connectivity index (χ1v) is 5.36. The van der Waals surface area contributed by atoms with Gasteiger partial charge in [-0.2, -0.15) is 0 Å². The van der Waals surface area contributed by atoms with Crippen LogP contribution in [0.5, 0.6) is 0 Å². The zero-order valence-corrected chi connectivity index (χ0v) is 8.79. The molecule has 0 spiro atoms. The van der Waals surface area contributed by atoms with E-state index in [9.17, 15) is 0 Å². The lowest BCUT2D eigenvalue weighted by Crippen LogP contribution is -2.23. The maximum Gasteiger partial charge on any atom is 0.0402 e. The van der Waals surface area contributed by atoms with E-state index in [4.69, 9.17) is 5.73 Å². The van der Waals surface area contributed by atoms with E-state index in [-0.39, 0.29) is 0 Å². The number of nitrogens with two attached hydrogens (primary N) is 1. The standard InChI is InChI=1S/C12H18N2/c1-10-3-4-11-5-8-14(7-2-6-13)12(11)9-10/h3-4,9H,2,5-8,13H2,1H3. The summed E-state index contributed by atoms with van der Waals surface area (Å²) >= 11 is 0. The fraction of sp³-hybridized carbons (Fsp3) is 0.500. The number of hydrogen-bond donors (Lipinski definition) is 1. The Morgan fingerprint density at radius 3 is 3.07 bits per heavy atom. The van der Waals surface area contributed by atoms with Crippen molar-refractivity contribution < 1.29 is 0 Å². The van der Waals surface area contributed by atoms with Gasteiger partial charge in [-0.1, -0.05) is 12.1 Å². The fourth-order valence-corrected chi connectivity index (χ4v) is 2.07. The molecule has 2 rings (SSSR count). The summed E-state index contributed by atoms with van der Waals surface area (Å²) in [5.74, 6) is 0. The van der Waals surface area contributed by atoms with E-state index in [2.05, 4.69) is 30.0 Å². The lowest BCUT2D eigenvalue weighted by molar-refractivity contribution is 0.759.